The number of aryl methyl sites for hydroxylation is 1. The predicted molar refractivity (Wildman–Crippen MR) is 192 cm³/mol. The summed E-state index contributed by atoms with van der Waals surface area (Å²) in [6.07, 6.45) is 10.7. The van der Waals surface area contributed by atoms with Gasteiger partial charge in [0.05, 0.1) is 32.6 Å². The molecule has 0 radical (unpaired) electrons. The topological polar surface area (TPSA) is 109 Å². The second-order valence-corrected chi connectivity index (χ2v) is 14.7. The van der Waals surface area contributed by atoms with E-state index in [4.69, 9.17) is 14.2 Å². The molecule has 2 heterocycles. The number of rotatable bonds is 15. The van der Waals surface area contributed by atoms with Crippen molar-refractivity contribution in [1.82, 2.24) is 9.80 Å². The van der Waals surface area contributed by atoms with Gasteiger partial charge in [-0.3, -0.25) is 14.5 Å². The normalized spacial score (nSPS) is 26.0. The van der Waals surface area contributed by atoms with Gasteiger partial charge in [-0.2, -0.15) is 0 Å². The third-order valence-electron chi connectivity index (χ3n) is 11.7. The Morgan fingerprint density at radius 3 is 2.42 bits per heavy atom. The van der Waals surface area contributed by atoms with Crippen LogP contribution < -0.4 is 19.1 Å². The number of methoxy groups -OCH3 is 2. The van der Waals surface area contributed by atoms with Crippen LogP contribution in [-0.2, 0) is 14.4 Å². The quantitative estimate of drug-likeness (QED) is 0.183. The maximum atomic E-state index is 12.6. The summed E-state index contributed by atoms with van der Waals surface area (Å²) in [5.41, 5.74) is 5.50. The molecule has 1 fully saturated rings. The molecule has 2 aromatic carbocycles. The Morgan fingerprint density at radius 2 is 1.80 bits per heavy atom. The van der Waals surface area contributed by atoms with Crippen LogP contribution in [0.4, 0.5) is 5.69 Å². The van der Waals surface area contributed by atoms with E-state index in [2.05, 4.69) is 37.8 Å². The fourth-order valence-corrected chi connectivity index (χ4v) is 8.25. The van der Waals surface area contributed by atoms with Crippen molar-refractivity contribution in [2.24, 2.45) is 16.7 Å². The van der Waals surface area contributed by atoms with E-state index in [1.54, 1.807) is 32.6 Å². The van der Waals surface area contributed by atoms with Crippen molar-refractivity contribution in [3.05, 3.63) is 77.1 Å². The number of benzene rings is 2. The average Bonchev–Trinajstić information content (AvgIpc) is 3.82. The zero-order valence-corrected chi connectivity index (χ0v) is 29.9. The van der Waals surface area contributed by atoms with E-state index in [1.807, 2.05) is 31.2 Å². The molecule has 2 aromatic rings. The van der Waals surface area contributed by atoms with Gasteiger partial charge in [-0.05, 0) is 85.1 Å². The summed E-state index contributed by atoms with van der Waals surface area (Å²) in [5, 5.41) is 11.6. The number of carbonyl (C=O) groups excluding carboxylic acids is 3. The van der Waals surface area contributed by atoms with Crippen LogP contribution in [0, 0.1) is 23.7 Å². The molecule has 4 aliphatic rings. The zero-order chi connectivity index (χ0) is 35.8. The highest BCUT2D eigenvalue weighted by atomic mass is 16.5. The van der Waals surface area contributed by atoms with Gasteiger partial charge >= 0.3 is 0 Å². The third-order valence-corrected chi connectivity index (χ3v) is 11.7. The molecule has 0 saturated heterocycles. The van der Waals surface area contributed by atoms with E-state index >= 15 is 0 Å². The number of nitrogens with zero attached hydrogens (tertiary/aromatic N) is 3. The molecule has 0 aromatic heterocycles. The van der Waals surface area contributed by atoms with E-state index in [1.165, 1.54) is 21.1 Å². The fourth-order valence-electron chi connectivity index (χ4n) is 8.25. The highest BCUT2D eigenvalue weighted by molar-refractivity contribution is 5.80. The van der Waals surface area contributed by atoms with Gasteiger partial charge in [0.1, 0.15) is 12.0 Å². The Labute approximate surface area is 295 Å². The molecule has 1 N–H and O–H groups in total. The molecule has 0 bridgehead atoms. The van der Waals surface area contributed by atoms with Crippen molar-refractivity contribution >= 4 is 30.4 Å². The number of carbonyl (C=O) groups is 3. The van der Waals surface area contributed by atoms with Crippen molar-refractivity contribution in [3.63, 3.8) is 0 Å². The lowest BCUT2D eigenvalue weighted by Crippen LogP contribution is -2.52. The molecule has 6 rings (SSSR count). The number of hydrogen-bond acceptors (Lipinski definition) is 8. The Morgan fingerprint density at radius 1 is 1.06 bits per heavy atom. The fraction of sp³-hybridized carbons (Fsp3) is 0.475. The van der Waals surface area contributed by atoms with Gasteiger partial charge in [-0.25, -0.2) is 0 Å². The number of aldehydes is 1. The number of allylic oxidation sites excluding steroid dienone is 2. The summed E-state index contributed by atoms with van der Waals surface area (Å²) in [6, 6.07) is 10.6. The van der Waals surface area contributed by atoms with Crippen LogP contribution in [0.5, 0.6) is 17.2 Å². The van der Waals surface area contributed by atoms with Crippen LogP contribution >= 0.6 is 0 Å². The van der Waals surface area contributed by atoms with Crippen LogP contribution in [0.3, 0.4) is 0 Å². The number of aliphatic hydroxyl groups excluding tert-OH is 1. The maximum absolute atomic E-state index is 12.6. The standard InChI is InChI=1S/C40H49N3O7/c1-26(2)39(4)13-11-33-32(39)12-15-42(33)30-20-40(21-30,14-16-44)23-50-37-19-34(27(3)17-36(37)49-6)43(25-46)38(47)35-18-29(22-41(35)24-45)28-7-9-31(48-5)10-8-28/h7-11,13,16-17,19,22,24-26,30,35,38,47H,12,14-15,18,20-21,23H2,1-6H3. The summed E-state index contributed by atoms with van der Waals surface area (Å²) in [7, 11) is 3.15. The lowest BCUT2D eigenvalue weighted by molar-refractivity contribution is -0.120. The summed E-state index contributed by atoms with van der Waals surface area (Å²) >= 11 is 0. The molecule has 10 nitrogen and oxygen atoms in total. The minimum atomic E-state index is -1.35. The predicted octanol–water partition coefficient (Wildman–Crippen LogP) is 5.87. The molecule has 1 saturated carbocycles. The molecule has 10 heteroatoms. The first-order valence-electron chi connectivity index (χ1n) is 17.5. The smallest absolute Gasteiger partial charge is 0.216 e. The first kappa shape index (κ1) is 35.3. The SMILES string of the molecule is COc1ccc(C2=CN(C=O)C(C(O)N(C=O)c3cc(OCC4(CC=O)CC(N5CCC6=C5C=CC6(C)C(C)C)C4)c(OC)cc3C)C2)cc1. The van der Waals surface area contributed by atoms with E-state index < -0.39 is 12.3 Å². The number of aliphatic hydroxyl groups is 1. The van der Waals surface area contributed by atoms with Gasteiger partial charge in [0.2, 0.25) is 12.8 Å². The average molecular weight is 684 g/mol. The molecule has 50 heavy (non-hydrogen) atoms. The monoisotopic (exact) mass is 683 g/mol. The first-order valence-corrected chi connectivity index (χ1v) is 17.5. The van der Waals surface area contributed by atoms with Gasteiger partial charge in [0, 0.05) is 47.8 Å². The van der Waals surface area contributed by atoms with E-state index in [-0.39, 0.29) is 10.8 Å². The van der Waals surface area contributed by atoms with Gasteiger partial charge < -0.3 is 33.9 Å². The summed E-state index contributed by atoms with van der Waals surface area (Å²) < 4.78 is 17.4. The van der Waals surface area contributed by atoms with Gasteiger partial charge in [0.15, 0.2) is 17.7 Å². The zero-order valence-electron chi connectivity index (χ0n) is 29.9. The summed E-state index contributed by atoms with van der Waals surface area (Å²) in [4.78, 5) is 41.8. The number of amides is 2. The van der Waals surface area contributed by atoms with Gasteiger partial charge in [-0.1, -0.05) is 39.0 Å². The second-order valence-electron chi connectivity index (χ2n) is 14.7. The van der Waals surface area contributed by atoms with Crippen LogP contribution in [-0.4, -0.2) is 79.7 Å². The molecule has 3 unspecified atom stereocenters. The van der Waals surface area contributed by atoms with E-state index in [0.717, 1.165) is 43.2 Å². The summed E-state index contributed by atoms with van der Waals surface area (Å²) in [5.74, 6) is 2.13. The number of ether oxygens (including phenoxy) is 3. The molecular weight excluding hydrogens is 634 g/mol. The van der Waals surface area contributed by atoms with E-state index in [0.29, 0.717) is 72.7 Å². The number of hydrogen-bond donors (Lipinski definition) is 1. The Kier molecular flexibility index (Phi) is 9.86. The van der Waals surface area contributed by atoms with Crippen LogP contribution in [0.25, 0.3) is 5.57 Å². The molecule has 0 spiro atoms. The second kappa shape index (κ2) is 14.0. The summed E-state index contributed by atoms with van der Waals surface area (Å²) in [6.45, 7) is 10.0. The lowest BCUT2D eigenvalue weighted by atomic mass is 9.63. The maximum Gasteiger partial charge on any atom is 0.216 e. The molecule has 266 valence electrons. The highest BCUT2D eigenvalue weighted by Gasteiger charge is 2.50. The molecular formula is C40H49N3O7. The van der Waals surface area contributed by atoms with E-state index in [9.17, 15) is 19.5 Å². The Balaban J connectivity index is 1.17. The molecule has 2 aliphatic carbocycles. The van der Waals surface area contributed by atoms with Gasteiger partial charge in [0.25, 0.3) is 0 Å². The van der Waals surface area contributed by atoms with Crippen LogP contribution in [0.2, 0.25) is 0 Å². The molecule has 3 atom stereocenters. The highest BCUT2D eigenvalue weighted by Crippen LogP contribution is 2.54. The van der Waals surface area contributed by atoms with Crippen molar-refractivity contribution in [3.8, 4) is 17.2 Å². The largest absolute Gasteiger partial charge is 0.497 e. The van der Waals surface area contributed by atoms with Crippen molar-refractivity contribution < 1.29 is 33.7 Å². The first-order chi connectivity index (χ1) is 24.0. The van der Waals surface area contributed by atoms with Crippen LogP contribution in [0.1, 0.15) is 64.0 Å². The minimum Gasteiger partial charge on any atom is -0.497 e. The molecule has 2 amide bonds. The minimum absolute atomic E-state index is 0.0954. The van der Waals surface area contributed by atoms with Gasteiger partial charge in [-0.15, -0.1) is 0 Å². The molecule has 2 aliphatic heterocycles. The Bertz CT molecular complexity index is 1710. The van der Waals surface area contributed by atoms with Crippen LogP contribution in [0.15, 0.2) is 66.0 Å². The van der Waals surface area contributed by atoms with Crippen molar-refractivity contribution in [1.29, 1.82) is 0 Å². The van der Waals surface area contributed by atoms with Crippen molar-refractivity contribution in [2.45, 2.75) is 78.1 Å². The number of anilines is 1. The van der Waals surface area contributed by atoms with Crippen molar-refractivity contribution in [2.75, 3.05) is 32.3 Å². The Hall–Kier alpha value is -4.57. The lowest BCUT2D eigenvalue weighted by Gasteiger charge is -2.51. The third kappa shape index (κ3) is 6.19.